The fourth-order valence-corrected chi connectivity index (χ4v) is 2.68. The Morgan fingerprint density at radius 3 is 2.78 bits per heavy atom. The number of hydrogen-bond acceptors (Lipinski definition) is 4. The molecule has 0 saturated heterocycles. The Bertz CT molecular complexity index is 743. The van der Waals surface area contributed by atoms with Crippen LogP contribution in [0.3, 0.4) is 0 Å². The molecule has 27 heavy (non-hydrogen) atoms. The highest BCUT2D eigenvalue weighted by atomic mass is 127. The number of aromatic nitrogens is 1. The maximum absolute atomic E-state index is 5.94. The fourth-order valence-electron chi connectivity index (χ4n) is 2.57. The van der Waals surface area contributed by atoms with Crippen molar-refractivity contribution in [3.63, 3.8) is 0 Å². The predicted molar refractivity (Wildman–Crippen MR) is 119 cm³/mol. The molecule has 1 aromatic carbocycles. The molecule has 3 rings (SSSR count). The fraction of sp³-hybridized carbons (Fsp3) is 0.368. The minimum absolute atomic E-state index is 0. The third kappa shape index (κ3) is 6.73. The maximum Gasteiger partial charge on any atom is 0.191 e. The molecule has 8 heteroatoms. The van der Waals surface area contributed by atoms with Gasteiger partial charge in [-0.25, -0.2) is 9.98 Å². The predicted octanol–water partition coefficient (Wildman–Crippen LogP) is 3.29. The van der Waals surface area contributed by atoms with Gasteiger partial charge in [-0.1, -0.05) is 29.8 Å². The van der Waals surface area contributed by atoms with E-state index in [4.69, 9.17) is 21.1 Å². The van der Waals surface area contributed by atoms with E-state index in [1.807, 2.05) is 37.3 Å². The van der Waals surface area contributed by atoms with Crippen LogP contribution >= 0.6 is 35.6 Å². The number of para-hydroxylation sites is 2. The van der Waals surface area contributed by atoms with E-state index in [1.165, 1.54) is 0 Å². The SMILES string of the molecule is CCNC(=NCC1COc2ccccc2O1)NCCc1ccc(Cl)nc1.I. The number of ether oxygens (including phenoxy) is 2. The second-order valence-electron chi connectivity index (χ2n) is 5.88. The van der Waals surface area contributed by atoms with Crippen molar-refractivity contribution in [3.05, 3.63) is 53.3 Å². The first kappa shape index (κ1) is 21.6. The third-order valence-electron chi connectivity index (χ3n) is 3.86. The van der Waals surface area contributed by atoms with Gasteiger partial charge in [-0.2, -0.15) is 0 Å². The largest absolute Gasteiger partial charge is 0.486 e. The number of aliphatic imine (C=N–C) groups is 1. The quantitative estimate of drug-likeness (QED) is 0.275. The van der Waals surface area contributed by atoms with Crippen molar-refractivity contribution in [2.24, 2.45) is 4.99 Å². The van der Waals surface area contributed by atoms with Crippen molar-refractivity contribution in [1.29, 1.82) is 0 Å². The van der Waals surface area contributed by atoms with Gasteiger partial charge in [0.2, 0.25) is 0 Å². The van der Waals surface area contributed by atoms with Gasteiger partial charge in [-0.15, -0.1) is 24.0 Å². The Balaban J connectivity index is 0.00000261. The molecule has 0 fully saturated rings. The summed E-state index contributed by atoms with van der Waals surface area (Å²) in [6, 6.07) is 11.5. The molecule has 1 aliphatic rings. The van der Waals surface area contributed by atoms with Crippen LogP contribution in [0.2, 0.25) is 5.15 Å². The summed E-state index contributed by atoms with van der Waals surface area (Å²) in [7, 11) is 0. The number of rotatable bonds is 6. The lowest BCUT2D eigenvalue weighted by molar-refractivity contribution is 0.0971. The molecule has 0 bridgehead atoms. The molecule has 6 nitrogen and oxygen atoms in total. The van der Waals surface area contributed by atoms with Crippen molar-refractivity contribution in [1.82, 2.24) is 15.6 Å². The molecule has 1 aromatic heterocycles. The van der Waals surface area contributed by atoms with Gasteiger partial charge in [0.25, 0.3) is 0 Å². The van der Waals surface area contributed by atoms with Crippen molar-refractivity contribution >= 4 is 41.5 Å². The number of hydrogen-bond donors (Lipinski definition) is 2. The summed E-state index contributed by atoms with van der Waals surface area (Å²) in [6.45, 7) is 4.60. The van der Waals surface area contributed by atoms with Gasteiger partial charge in [0.15, 0.2) is 23.6 Å². The Hall–Kier alpha value is -1.74. The second-order valence-corrected chi connectivity index (χ2v) is 6.27. The van der Waals surface area contributed by atoms with Crippen LogP contribution in [-0.4, -0.2) is 43.3 Å². The van der Waals surface area contributed by atoms with E-state index < -0.39 is 0 Å². The summed E-state index contributed by atoms with van der Waals surface area (Å²) < 4.78 is 11.7. The maximum atomic E-state index is 5.94. The number of benzene rings is 1. The van der Waals surface area contributed by atoms with E-state index in [-0.39, 0.29) is 30.1 Å². The smallest absolute Gasteiger partial charge is 0.191 e. The number of nitrogens with zero attached hydrogens (tertiary/aromatic N) is 2. The number of fused-ring (bicyclic) bond motifs is 1. The molecule has 1 unspecified atom stereocenters. The number of pyridine rings is 1. The molecular formula is C19H24ClIN4O2. The Labute approximate surface area is 181 Å². The standard InChI is InChI=1S/C19H23ClN4O2.HI/c1-2-21-19(22-10-9-14-7-8-18(20)23-11-14)24-12-15-13-25-16-5-3-4-6-17(16)26-15;/h3-8,11,15H,2,9-10,12-13H2,1H3,(H2,21,22,24);1H. The summed E-state index contributed by atoms with van der Waals surface area (Å²) in [5.41, 5.74) is 1.12. The molecule has 146 valence electrons. The number of nitrogens with one attached hydrogen (secondary N) is 2. The van der Waals surface area contributed by atoms with E-state index in [0.717, 1.165) is 42.5 Å². The Kier molecular flexibility index (Phi) is 8.93. The summed E-state index contributed by atoms with van der Waals surface area (Å²) in [5.74, 6) is 2.32. The second kappa shape index (κ2) is 11.2. The molecule has 1 aliphatic heterocycles. The van der Waals surface area contributed by atoms with E-state index >= 15 is 0 Å². The first-order valence-corrected chi connectivity index (χ1v) is 9.13. The molecule has 2 heterocycles. The minimum atomic E-state index is -0.0965. The zero-order chi connectivity index (χ0) is 18.2. The molecule has 0 saturated carbocycles. The lowest BCUT2D eigenvalue weighted by Gasteiger charge is -2.25. The van der Waals surface area contributed by atoms with Crippen LogP contribution in [0.15, 0.2) is 47.6 Å². The van der Waals surface area contributed by atoms with Gasteiger partial charge < -0.3 is 20.1 Å². The van der Waals surface area contributed by atoms with Crippen molar-refractivity contribution in [3.8, 4) is 11.5 Å². The highest BCUT2D eigenvalue weighted by Crippen LogP contribution is 2.30. The van der Waals surface area contributed by atoms with Crippen molar-refractivity contribution < 1.29 is 9.47 Å². The summed E-state index contributed by atoms with van der Waals surface area (Å²) >= 11 is 5.81. The Morgan fingerprint density at radius 1 is 1.22 bits per heavy atom. The first-order chi connectivity index (χ1) is 12.7. The van der Waals surface area contributed by atoms with E-state index in [9.17, 15) is 0 Å². The van der Waals surface area contributed by atoms with Crippen LogP contribution in [0.25, 0.3) is 0 Å². The van der Waals surface area contributed by atoms with E-state index in [2.05, 4.69) is 20.6 Å². The highest BCUT2D eigenvalue weighted by Gasteiger charge is 2.20. The molecule has 1 atom stereocenters. The average molecular weight is 503 g/mol. The highest BCUT2D eigenvalue weighted by molar-refractivity contribution is 14.0. The van der Waals surface area contributed by atoms with Crippen LogP contribution in [0.4, 0.5) is 0 Å². The van der Waals surface area contributed by atoms with Gasteiger partial charge in [-0.05, 0) is 37.1 Å². The normalized spacial score (nSPS) is 15.6. The lowest BCUT2D eigenvalue weighted by atomic mass is 10.2. The molecule has 0 amide bonds. The van der Waals surface area contributed by atoms with Crippen molar-refractivity contribution in [2.75, 3.05) is 26.2 Å². The topological polar surface area (TPSA) is 67.8 Å². The lowest BCUT2D eigenvalue weighted by Crippen LogP contribution is -2.40. The Morgan fingerprint density at radius 2 is 2.04 bits per heavy atom. The molecule has 2 N–H and O–H groups in total. The van der Waals surface area contributed by atoms with Crippen LogP contribution in [0.5, 0.6) is 11.5 Å². The molecule has 0 spiro atoms. The van der Waals surface area contributed by atoms with Crippen LogP contribution in [0, 0.1) is 0 Å². The third-order valence-corrected chi connectivity index (χ3v) is 4.08. The van der Waals surface area contributed by atoms with Gasteiger partial charge in [-0.3, -0.25) is 0 Å². The number of guanidine groups is 1. The van der Waals surface area contributed by atoms with Gasteiger partial charge >= 0.3 is 0 Å². The zero-order valence-electron chi connectivity index (χ0n) is 15.2. The number of halogens is 2. The average Bonchev–Trinajstić information content (AvgIpc) is 2.67. The summed E-state index contributed by atoms with van der Waals surface area (Å²) in [6.07, 6.45) is 2.53. The minimum Gasteiger partial charge on any atom is -0.486 e. The molecular weight excluding hydrogens is 479 g/mol. The van der Waals surface area contributed by atoms with Gasteiger partial charge in [0.1, 0.15) is 11.8 Å². The van der Waals surface area contributed by atoms with Crippen LogP contribution < -0.4 is 20.1 Å². The van der Waals surface area contributed by atoms with Gasteiger partial charge in [0, 0.05) is 19.3 Å². The summed E-state index contributed by atoms with van der Waals surface area (Å²) in [4.78, 5) is 8.70. The summed E-state index contributed by atoms with van der Waals surface area (Å²) in [5, 5.41) is 7.07. The van der Waals surface area contributed by atoms with Crippen molar-refractivity contribution in [2.45, 2.75) is 19.4 Å². The van der Waals surface area contributed by atoms with Crippen LogP contribution in [-0.2, 0) is 6.42 Å². The monoisotopic (exact) mass is 502 g/mol. The molecule has 0 aliphatic carbocycles. The van der Waals surface area contributed by atoms with Gasteiger partial charge in [0.05, 0.1) is 6.54 Å². The van der Waals surface area contributed by atoms with Crippen LogP contribution in [0.1, 0.15) is 12.5 Å². The molecule has 2 aromatic rings. The van der Waals surface area contributed by atoms with E-state index in [0.29, 0.717) is 18.3 Å². The van der Waals surface area contributed by atoms with E-state index in [1.54, 1.807) is 12.3 Å². The first-order valence-electron chi connectivity index (χ1n) is 8.75. The molecule has 0 radical (unpaired) electrons. The zero-order valence-corrected chi connectivity index (χ0v) is 18.2.